The molecule has 158 valence electrons. The number of nitrogens with one attached hydrogen (secondary N) is 1. The fourth-order valence-corrected chi connectivity index (χ4v) is 3.47. The molecule has 0 saturated carbocycles. The largest absolute Gasteiger partial charge is 0.492 e. The van der Waals surface area contributed by atoms with E-state index in [4.69, 9.17) is 21.1 Å². The second-order valence-corrected chi connectivity index (χ2v) is 8.90. The van der Waals surface area contributed by atoms with Crippen LogP contribution < -0.4 is 14.8 Å². The summed E-state index contributed by atoms with van der Waals surface area (Å²) in [6.07, 6.45) is -0.176. The van der Waals surface area contributed by atoms with Gasteiger partial charge in [-0.2, -0.15) is 0 Å². The van der Waals surface area contributed by atoms with Gasteiger partial charge >= 0.3 is 0 Å². The van der Waals surface area contributed by atoms with Crippen molar-refractivity contribution >= 4 is 27.5 Å². The van der Waals surface area contributed by atoms with E-state index in [0.717, 1.165) is 4.31 Å². The molecule has 7 nitrogen and oxygen atoms in total. The van der Waals surface area contributed by atoms with E-state index < -0.39 is 16.1 Å². The zero-order chi connectivity index (χ0) is 21.4. The van der Waals surface area contributed by atoms with Crippen molar-refractivity contribution in [3.05, 3.63) is 53.6 Å². The Hall–Kier alpha value is -2.29. The number of para-hydroxylation sites is 1. The zero-order valence-electron chi connectivity index (χ0n) is 16.6. The maximum Gasteiger partial charge on any atom is 0.261 e. The monoisotopic (exact) mass is 440 g/mol. The summed E-state index contributed by atoms with van der Waals surface area (Å²) in [5.74, 6) is 0.708. The van der Waals surface area contributed by atoms with E-state index in [1.54, 1.807) is 36.4 Å². The van der Waals surface area contributed by atoms with Crippen LogP contribution in [0.1, 0.15) is 13.3 Å². The highest BCUT2D eigenvalue weighted by Gasteiger charge is 2.19. The lowest BCUT2D eigenvalue weighted by atomic mass is 10.2. The predicted octanol–water partition coefficient (Wildman–Crippen LogP) is 2.94. The molecule has 0 spiro atoms. The molecule has 0 aromatic heterocycles. The van der Waals surface area contributed by atoms with Gasteiger partial charge < -0.3 is 14.8 Å². The van der Waals surface area contributed by atoms with Crippen LogP contribution in [-0.4, -0.2) is 52.0 Å². The van der Waals surface area contributed by atoms with Gasteiger partial charge in [-0.15, -0.1) is 0 Å². The number of amides is 1. The highest BCUT2D eigenvalue weighted by molar-refractivity contribution is 7.89. The van der Waals surface area contributed by atoms with Gasteiger partial charge in [0.25, 0.3) is 5.91 Å². The van der Waals surface area contributed by atoms with Gasteiger partial charge in [0.1, 0.15) is 18.1 Å². The fraction of sp³-hybridized carbons (Fsp3) is 0.350. The molecule has 0 bridgehead atoms. The summed E-state index contributed by atoms with van der Waals surface area (Å²) in [7, 11) is -0.527. The number of halogens is 1. The molecule has 0 fully saturated rings. The number of nitrogens with zero attached hydrogens (tertiary/aromatic N) is 1. The van der Waals surface area contributed by atoms with Gasteiger partial charge in [-0.05, 0) is 42.8 Å². The number of hydrogen-bond acceptors (Lipinski definition) is 5. The highest BCUT2D eigenvalue weighted by Crippen LogP contribution is 2.24. The summed E-state index contributed by atoms with van der Waals surface area (Å²) in [4.78, 5) is 12.5. The summed E-state index contributed by atoms with van der Waals surface area (Å²) in [6, 6.07) is 13.1. The summed E-state index contributed by atoms with van der Waals surface area (Å²) in [5, 5.41) is 3.21. The van der Waals surface area contributed by atoms with Crippen molar-refractivity contribution in [3.8, 4) is 11.5 Å². The average molecular weight is 441 g/mol. The normalized spacial score (nSPS) is 12.4. The number of rotatable bonds is 10. The molecule has 0 heterocycles. The second kappa shape index (κ2) is 10.5. The summed E-state index contributed by atoms with van der Waals surface area (Å²) in [5.41, 5.74) is 0. The van der Waals surface area contributed by atoms with Gasteiger partial charge in [-0.25, -0.2) is 12.7 Å². The number of carbonyl (C=O) groups excluding carboxylic acids is 1. The van der Waals surface area contributed by atoms with Gasteiger partial charge in [0.05, 0.1) is 16.5 Å². The Balaban J connectivity index is 1.82. The maximum absolute atomic E-state index is 12.3. The molecule has 0 aliphatic heterocycles. The first kappa shape index (κ1) is 23.0. The van der Waals surface area contributed by atoms with E-state index in [2.05, 4.69) is 5.32 Å². The lowest BCUT2D eigenvalue weighted by Gasteiger charge is -2.18. The lowest BCUT2D eigenvalue weighted by molar-refractivity contribution is -0.128. The Labute approximate surface area is 176 Å². The number of sulfonamides is 1. The van der Waals surface area contributed by atoms with Crippen molar-refractivity contribution in [2.75, 3.05) is 27.2 Å². The van der Waals surface area contributed by atoms with Crippen LogP contribution in [0.5, 0.6) is 11.5 Å². The molecule has 1 unspecified atom stereocenters. The Morgan fingerprint density at radius 2 is 1.79 bits per heavy atom. The standard InChI is InChI=1S/C20H25ClN2O5S/c1-4-18(28-19-8-6-5-7-17(19)21)20(24)22-13-14-27-15-9-11-16(12-10-15)29(25,26)23(2)3/h5-12,18H,4,13-14H2,1-3H3,(H,22,24). The maximum atomic E-state index is 12.3. The quantitative estimate of drug-likeness (QED) is 0.574. The molecule has 1 amide bonds. The summed E-state index contributed by atoms with van der Waals surface area (Å²) < 4.78 is 36.5. The van der Waals surface area contributed by atoms with E-state index in [1.165, 1.54) is 26.2 Å². The summed E-state index contributed by atoms with van der Waals surface area (Å²) >= 11 is 6.06. The molecule has 2 aromatic rings. The number of hydrogen-bond donors (Lipinski definition) is 1. The third kappa shape index (κ3) is 6.35. The summed E-state index contributed by atoms with van der Waals surface area (Å²) in [6.45, 7) is 2.36. The van der Waals surface area contributed by atoms with Crippen molar-refractivity contribution in [2.45, 2.75) is 24.3 Å². The minimum atomic E-state index is -3.47. The first-order valence-electron chi connectivity index (χ1n) is 9.10. The van der Waals surface area contributed by atoms with Crippen molar-refractivity contribution < 1.29 is 22.7 Å². The topological polar surface area (TPSA) is 84.9 Å². The van der Waals surface area contributed by atoms with Gasteiger partial charge in [0.2, 0.25) is 10.0 Å². The van der Waals surface area contributed by atoms with Crippen molar-refractivity contribution in [2.24, 2.45) is 0 Å². The Morgan fingerprint density at radius 3 is 2.38 bits per heavy atom. The Morgan fingerprint density at radius 1 is 1.14 bits per heavy atom. The fourth-order valence-electron chi connectivity index (χ4n) is 2.39. The smallest absolute Gasteiger partial charge is 0.261 e. The van der Waals surface area contributed by atoms with E-state index in [0.29, 0.717) is 22.9 Å². The molecule has 29 heavy (non-hydrogen) atoms. The van der Waals surface area contributed by atoms with E-state index >= 15 is 0 Å². The van der Waals surface area contributed by atoms with Crippen LogP contribution in [0.15, 0.2) is 53.4 Å². The molecular weight excluding hydrogens is 416 g/mol. The third-order valence-electron chi connectivity index (χ3n) is 4.04. The van der Waals surface area contributed by atoms with Crippen LogP contribution in [0.2, 0.25) is 5.02 Å². The number of ether oxygens (including phenoxy) is 2. The third-order valence-corrected chi connectivity index (χ3v) is 6.18. The molecular formula is C20H25ClN2O5S. The zero-order valence-corrected chi connectivity index (χ0v) is 18.2. The average Bonchev–Trinajstić information content (AvgIpc) is 2.70. The lowest BCUT2D eigenvalue weighted by Crippen LogP contribution is -2.39. The number of carbonyl (C=O) groups is 1. The predicted molar refractivity (Wildman–Crippen MR) is 112 cm³/mol. The molecule has 0 aliphatic carbocycles. The Bertz CT molecular complexity index is 917. The van der Waals surface area contributed by atoms with Crippen LogP contribution in [0.4, 0.5) is 0 Å². The second-order valence-electron chi connectivity index (χ2n) is 6.34. The van der Waals surface area contributed by atoms with Crippen LogP contribution in [0, 0.1) is 0 Å². The van der Waals surface area contributed by atoms with Gasteiger partial charge in [0.15, 0.2) is 6.10 Å². The molecule has 9 heteroatoms. The molecule has 0 aliphatic rings. The van der Waals surface area contributed by atoms with Crippen molar-refractivity contribution in [1.29, 1.82) is 0 Å². The molecule has 1 N–H and O–H groups in total. The van der Waals surface area contributed by atoms with Gasteiger partial charge in [0, 0.05) is 14.1 Å². The van der Waals surface area contributed by atoms with Crippen molar-refractivity contribution in [3.63, 3.8) is 0 Å². The van der Waals surface area contributed by atoms with E-state index in [-0.39, 0.29) is 24.0 Å². The SMILES string of the molecule is CCC(Oc1ccccc1Cl)C(=O)NCCOc1ccc(S(=O)(=O)N(C)C)cc1. The minimum absolute atomic E-state index is 0.186. The number of benzene rings is 2. The van der Waals surface area contributed by atoms with Gasteiger partial charge in [-0.3, -0.25) is 4.79 Å². The molecule has 1 atom stereocenters. The molecule has 0 radical (unpaired) electrons. The van der Waals surface area contributed by atoms with Crippen LogP contribution in [0.25, 0.3) is 0 Å². The minimum Gasteiger partial charge on any atom is -0.492 e. The molecule has 2 aromatic carbocycles. The van der Waals surface area contributed by atoms with E-state index in [9.17, 15) is 13.2 Å². The first-order chi connectivity index (χ1) is 13.8. The molecule has 2 rings (SSSR count). The van der Waals surface area contributed by atoms with Crippen LogP contribution in [-0.2, 0) is 14.8 Å². The van der Waals surface area contributed by atoms with E-state index in [1.807, 2.05) is 6.92 Å². The van der Waals surface area contributed by atoms with Gasteiger partial charge in [-0.1, -0.05) is 30.7 Å². The van der Waals surface area contributed by atoms with Crippen LogP contribution >= 0.6 is 11.6 Å². The van der Waals surface area contributed by atoms with Crippen LogP contribution in [0.3, 0.4) is 0 Å². The molecule has 0 saturated heterocycles. The first-order valence-corrected chi connectivity index (χ1v) is 10.9. The highest BCUT2D eigenvalue weighted by atomic mass is 35.5. The Kier molecular flexibility index (Phi) is 8.31. The van der Waals surface area contributed by atoms with Crippen molar-refractivity contribution in [1.82, 2.24) is 9.62 Å².